The largest absolute Gasteiger partial charge is 0.486 e. The average Bonchev–Trinajstić information content (AvgIpc) is 2.56. The van der Waals surface area contributed by atoms with Crippen molar-refractivity contribution in [1.29, 1.82) is 0 Å². The molecule has 0 N–H and O–H groups in total. The summed E-state index contributed by atoms with van der Waals surface area (Å²) in [5.41, 5.74) is 2.45. The maximum atomic E-state index is 12.8. The van der Waals surface area contributed by atoms with Gasteiger partial charge in [-0.3, -0.25) is 4.79 Å². The van der Waals surface area contributed by atoms with Crippen molar-refractivity contribution in [3.05, 3.63) is 45.9 Å². The minimum Gasteiger partial charge on any atom is -0.486 e. The molecule has 1 spiro atoms. The Morgan fingerprint density at radius 3 is 2.54 bits per heavy atom. The molecule has 3 heterocycles. The van der Waals surface area contributed by atoms with E-state index in [0.717, 1.165) is 54.2 Å². The van der Waals surface area contributed by atoms with Gasteiger partial charge in [-0.1, -0.05) is 17.7 Å². The fourth-order valence-corrected chi connectivity index (χ4v) is 4.26. The lowest BCUT2D eigenvalue weighted by Crippen LogP contribution is -2.51. The summed E-state index contributed by atoms with van der Waals surface area (Å²) in [6, 6.07) is 5.81. The van der Waals surface area contributed by atoms with E-state index in [9.17, 15) is 4.79 Å². The van der Waals surface area contributed by atoms with Crippen molar-refractivity contribution in [3.63, 3.8) is 0 Å². The molecule has 5 nitrogen and oxygen atoms in total. The van der Waals surface area contributed by atoms with Crippen LogP contribution in [0.15, 0.2) is 18.2 Å². The van der Waals surface area contributed by atoms with Crippen LogP contribution < -0.4 is 9.64 Å². The van der Waals surface area contributed by atoms with E-state index < -0.39 is 5.60 Å². The molecule has 0 radical (unpaired) electrons. The number of halogens is 1. The number of carbonyl (C=O) groups excluding carboxylic acids is 1. The van der Waals surface area contributed by atoms with Crippen LogP contribution in [0.4, 0.5) is 5.82 Å². The topological polar surface area (TPSA) is 55.3 Å². The summed E-state index contributed by atoms with van der Waals surface area (Å²) in [6.45, 7) is 7.42. The number of benzene rings is 1. The van der Waals surface area contributed by atoms with Crippen LogP contribution in [-0.2, 0) is 0 Å². The second-order valence-corrected chi connectivity index (χ2v) is 7.81. The van der Waals surface area contributed by atoms with Crippen molar-refractivity contribution in [1.82, 2.24) is 9.97 Å². The molecule has 2 aliphatic heterocycles. The zero-order chi connectivity index (χ0) is 18.5. The Hall–Kier alpha value is -2.14. The molecule has 26 heavy (non-hydrogen) atoms. The van der Waals surface area contributed by atoms with Gasteiger partial charge in [0.2, 0.25) is 0 Å². The molecule has 0 atom stereocenters. The Morgan fingerprint density at radius 1 is 1.12 bits per heavy atom. The highest BCUT2D eigenvalue weighted by Gasteiger charge is 2.43. The Kier molecular flexibility index (Phi) is 4.14. The van der Waals surface area contributed by atoms with Crippen molar-refractivity contribution in [3.8, 4) is 5.75 Å². The second kappa shape index (κ2) is 6.23. The number of carbonyl (C=O) groups is 1. The molecular weight excluding hydrogens is 350 g/mol. The van der Waals surface area contributed by atoms with Crippen LogP contribution in [0, 0.1) is 20.8 Å². The highest BCUT2D eigenvalue weighted by Crippen LogP contribution is 2.42. The quantitative estimate of drug-likeness (QED) is 0.707. The van der Waals surface area contributed by atoms with Crippen molar-refractivity contribution in [2.45, 2.75) is 45.6 Å². The van der Waals surface area contributed by atoms with Gasteiger partial charge in [-0.25, -0.2) is 9.97 Å². The zero-order valence-electron chi connectivity index (χ0n) is 15.3. The lowest BCUT2D eigenvalue weighted by Gasteiger charge is -2.44. The lowest BCUT2D eigenvalue weighted by atomic mass is 9.81. The predicted octanol–water partition coefficient (Wildman–Crippen LogP) is 4.06. The van der Waals surface area contributed by atoms with Gasteiger partial charge in [0.1, 0.15) is 28.1 Å². The molecule has 1 fully saturated rings. The number of fused-ring (bicyclic) bond motifs is 1. The monoisotopic (exact) mass is 371 g/mol. The molecule has 2 aromatic rings. The zero-order valence-corrected chi connectivity index (χ0v) is 16.1. The van der Waals surface area contributed by atoms with E-state index in [1.165, 1.54) is 0 Å². The molecule has 1 aromatic carbocycles. The maximum absolute atomic E-state index is 12.8. The third-order valence-electron chi connectivity index (χ3n) is 5.31. The smallest absolute Gasteiger partial charge is 0.170 e. The van der Waals surface area contributed by atoms with Crippen molar-refractivity contribution < 1.29 is 9.53 Å². The number of aryl methyl sites for hydroxylation is 3. The van der Waals surface area contributed by atoms with Crippen LogP contribution in [0.2, 0.25) is 5.15 Å². The Morgan fingerprint density at radius 2 is 1.85 bits per heavy atom. The third-order valence-corrected chi connectivity index (χ3v) is 5.51. The van der Waals surface area contributed by atoms with Gasteiger partial charge in [0.05, 0.1) is 12.0 Å². The summed E-state index contributed by atoms with van der Waals surface area (Å²) in [5.74, 6) is 2.46. The first-order valence-electron chi connectivity index (χ1n) is 8.95. The van der Waals surface area contributed by atoms with Crippen LogP contribution in [0.5, 0.6) is 5.75 Å². The number of ketones is 1. The first kappa shape index (κ1) is 17.3. The molecule has 0 bridgehead atoms. The fraction of sp³-hybridized carbons (Fsp3) is 0.450. The average molecular weight is 372 g/mol. The number of nitrogens with zero attached hydrogens (tertiary/aromatic N) is 3. The summed E-state index contributed by atoms with van der Waals surface area (Å²) < 4.78 is 6.44. The molecule has 1 aromatic heterocycles. The Bertz CT molecular complexity index is 869. The summed E-state index contributed by atoms with van der Waals surface area (Å²) in [7, 11) is 0. The SMILES string of the molecule is Cc1cc(C)c2c(c1)C(=O)CC1(CCN(c3cc(Cl)nc(C)n3)CC1)O2. The van der Waals surface area contributed by atoms with Gasteiger partial charge in [0, 0.05) is 32.0 Å². The molecule has 4 rings (SSSR count). The van der Waals surface area contributed by atoms with Crippen LogP contribution in [0.1, 0.15) is 46.6 Å². The number of anilines is 1. The van der Waals surface area contributed by atoms with E-state index in [1.54, 1.807) is 6.07 Å². The number of hydrogen-bond acceptors (Lipinski definition) is 5. The highest BCUT2D eigenvalue weighted by atomic mass is 35.5. The van der Waals surface area contributed by atoms with Crippen LogP contribution >= 0.6 is 11.6 Å². The molecule has 2 aliphatic rings. The van der Waals surface area contributed by atoms with Gasteiger partial charge in [-0.15, -0.1) is 0 Å². The molecular formula is C20H22ClN3O2. The third kappa shape index (κ3) is 3.05. The number of ether oxygens (including phenoxy) is 1. The van der Waals surface area contributed by atoms with E-state index in [0.29, 0.717) is 17.4 Å². The van der Waals surface area contributed by atoms with Crippen molar-refractivity contribution >= 4 is 23.2 Å². The van der Waals surface area contributed by atoms with E-state index in [-0.39, 0.29) is 5.78 Å². The molecule has 1 saturated heterocycles. The summed E-state index contributed by atoms with van der Waals surface area (Å²) >= 11 is 6.07. The number of hydrogen-bond donors (Lipinski definition) is 0. The van der Waals surface area contributed by atoms with Gasteiger partial charge in [0.15, 0.2) is 5.78 Å². The van der Waals surface area contributed by atoms with E-state index in [2.05, 4.69) is 20.9 Å². The fourth-order valence-electron chi connectivity index (χ4n) is 4.04. The number of piperidine rings is 1. The first-order chi connectivity index (χ1) is 12.3. The van der Waals surface area contributed by atoms with Gasteiger partial charge < -0.3 is 9.64 Å². The van der Waals surface area contributed by atoms with Gasteiger partial charge >= 0.3 is 0 Å². The van der Waals surface area contributed by atoms with Crippen LogP contribution in [0.3, 0.4) is 0 Å². The molecule has 0 saturated carbocycles. The second-order valence-electron chi connectivity index (χ2n) is 7.43. The minimum absolute atomic E-state index is 0.187. The van der Waals surface area contributed by atoms with Crippen molar-refractivity contribution in [2.24, 2.45) is 0 Å². The Labute approximate surface area is 158 Å². The Balaban J connectivity index is 1.56. The summed E-state index contributed by atoms with van der Waals surface area (Å²) in [4.78, 5) is 23.6. The van der Waals surface area contributed by atoms with Gasteiger partial charge in [-0.05, 0) is 38.0 Å². The van der Waals surface area contributed by atoms with Crippen LogP contribution in [0.25, 0.3) is 0 Å². The summed E-state index contributed by atoms with van der Waals surface area (Å²) in [6.07, 6.45) is 2.01. The molecule has 0 aliphatic carbocycles. The standard InChI is InChI=1S/C20H22ClN3O2/c1-12-8-13(2)19-15(9-12)16(25)11-20(26-19)4-6-24(7-5-20)18-10-17(21)22-14(3)23-18/h8-10H,4-7,11H2,1-3H3. The minimum atomic E-state index is -0.410. The molecule has 136 valence electrons. The van der Waals surface area contributed by atoms with Gasteiger partial charge in [-0.2, -0.15) is 0 Å². The van der Waals surface area contributed by atoms with Gasteiger partial charge in [0.25, 0.3) is 0 Å². The van der Waals surface area contributed by atoms with E-state index in [4.69, 9.17) is 16.3 Å². The van der Waals surface area contributed by atoms with Crippen molar-refractivity contribution in [2.75, 3.05) is 18.0 Å². The summed E-state index contributed by atoms with van der Waals surface area (Å²) in [5, 5.41) is 0.455. The molecule has 0 amide bonds. The number of rotatable bonds is 1. The highest BCUT2D eigenvalue weighted by molar-refractivity contribution is 6.29. The number of aromatic nitrogens is 2. The normalized spacial score (nSPS) is 18.6. The van der Waals surface area contributed by atoms with Crippen LogP contribution in [-0.4, -0.2) is 34.4 Å². The molecule has 0 unspecified atom stereocenters. The first-order valence-corrected chi connectivity index (χ1v) is 9.33. The maximum Gasteiger partial charge on any atom is 0.170 e. The lowest BCUT2D eigenvalue weighted by molar-refractivity contribution is 0.0225. The van der Waals surface area contributed by atoms with E-state index in [1.807, 2.05) is 26.8 Å². The number of Topliss-reactive ketones (excluding diaryl/α,β-unsaturated/α-hetero) is 1. The molecule has 6 heteroatoms. The van der Waals surface area contributed by atoms with E-state index >= 15 is 0 Å². The predicted molar refractivity (Wildman–Crippen MR) is 101 cm³/mol.